The molecule has 30 heavy (non-hydrogen) atoms. The summed E-state index contributed by atoms with van der Waals surface area (Å²) in [6, 6.07) is 27.1. The van der Waals surface area contributed by atoms with Crippen molar-refractivity contribution in [3.63, 3.8) is 0 Å². The second-order valence-electron chi connectivity index (χ2n) is 7.43. The van der Waals surface area contributed by atoms with Crippen LogP contribution >= 0.6 is 0 Å². The van der Waals surface area contributed by atoms with Gasteiger partial charge in [-0.3, -0.25) is 0 Å². The molecule has 4 aromatic rings. The van der Waals surface area contributed by atoms with Crippen molar-refractivity contribution in [3.8, 4) is 22.6 Å². The topological polar surface area (TPSA) is 25.6 Å². The summed E-state index contributed by atoms with van der Waals surface area (Å²) in [5.41, 5.74) is 5.63. The molecule has 5 rings (SSSR count). The van der Waals surface area contributed by atoms with Gasteiger partial charge in [-0.25, -0.2) is 0 Å². The Hall–Kier alpha value is -3.79. The van der Waals surface area contributed by atoms with Crippen molar-refractivity contribution in [3.05, 3.63) is 90.4 Å². The first-order chi connectivity index (χ1) is 14.6. The van der Waals surface area contributed by atoms with Crippen molar-refractivity contribution in [2.75, 3.05) is 19.1 Å². The van der Waals surface area contributed by atoms with E-state index < -0.39 is 0 Å². The van der Waals surface area contributed by atoms with Crippen LogP contribution in [0.4, 0.5) is 5.69 Å². The fourth-order valence-electron chi connectivity index (χ4n) is 3.90. The Morgan fingerprint density at radius 2 is 1.73 bits per heavy atom. The minimum Gasteiger partial charge on any atom is -0.497 e. The highest BCUT2D eigenvalue weighted by Gasteiger charge is 2.25. The van der Waals surface area contributed by atoms with E-state index in [1.807, 2.05) is 31.3 Å². The van der Waals surface area contributed by atoms with Crippen LogP contribution in [0.2, 0.25) is 0 Å². The van der Waals surface area contributed by atoms with Gasteiger partial charge in [-0.15, -0.1) is 0 Å². The lowest BCUT2D eigenvalue weighted by Crippen LogP contribution is -2.33. The Kier molecular flexibility index (Phi) is 4.40. The van der Waals surface area contributed by atoms with Crippen LogP contribution in [0.25, 0.3) is 28.1 Å². The van der Waals surface area contributed by atoms with Crippen LogP contribution in [0.3, 0.4) is 0 Å². The minimum absolute atomic E-state index is 0.804. The zero-order valence-corrected chi connectivity index (χ0v) is 17.3. The second-order valence-corrected chi connectivity index (χ2v) is 7.43. The molecule has 0 radical (unpaired) electrons. The molecule has 0 saturated carbocycles. The second kappa shape index (κ2) is 7.23. The largest absolute Gasteiger partial charge is 0.497 e. The predicted octanol–water partition coefficient (Wildman–Crippen LogP) is 5.17. The maximum atomic E-state index is 6.17. The first-order valence-electron chi connectivity index (χ1n) is 9.93. The first kappa shape index (κ1) is 18.3. The van der Waals surface area contributed by atoms with Crippen LogP contribution in [0.5, 0.6) is 11.5 Å². The van der Waals surface area contributed by atoms with Gasteiger partial charge in [-0.05, 0) is 41.5 Å². The summed E-state index contributed by atoms with van der Waals surface area (Å²) in [7, 11) is 5.79. The van der Waals surface area contributed by atoms with E-state index in [1.165, 1.54) is 11.1 Å². The zero-order chi connectivity index (χ0) is 20.7. The number of nitrogens with zero attached hydrogens (tertiary/aromatic N) is 2. The highest BCUT2D eigenvalue weighted by molar-refractivity contribution is 5.79. The predicted molar refractivity (Wildman–Crippen MR) is 121 cm³/mol. The minimum atomic E-state index is 0.804. The zero-order valence-electron chi connectivity index (χ0n) is 17.3. The van der Waals surface area contributed by atoms with Gasteiger partial charge < -0.3 is 14.4 Å². The highest BCUT2D eigenvalue weighted by Crippen LogP contribution is 2.41. The van der Waals surface area contributed by atoms with Gasteiger partial charge in [0.1, 0.15) is 12.8 Å². The molecule has 1 aromatic heterocycles. The summed E-state index contributed by atoms with van der Waals surface area (Å²) in [6.07, 6.45) is 2.08. The van der Waals surface area contributed by atoms with E-state index in [0.717, 1.165) is 39.7 Å². The van der Waals surface area contributed by atoms with Crippen LogP contribution in [0.15, 0.2) is 84.7 Å². The molecular weight excluding hydrogens is 372 g/mol. The summed E-state index contributed by atoms with van der Waals surface area (Å²) in [4.78, 5) is 2.10. The molecule has 0 bridgehead atoms. The maximum absolute atomic E-state index is 6.17. The lowest BCUT2D eigenvalue weighted by atomic mass is 10.0. The normalized spacial score (nSPS) is 14.1. The van der Waals surface area contributed by atoms with Gasteiger partial charge in [0.2, 0.25) is 17.1 Å². The van der Waals surface area contributed by atoms with Gasteiger partial charge in [0, 0.05) is 19.2 Å². The number of ether oxygens (including phenoxy) is 2. The summed E-state index contributed by atoms with van der Waals surface area (Å²) in [5, 5.41) is 1.13. The van der Waals surface area contributed by atoms with Crippen molar-refractivity contribution in [1.29, 1.82) is 0 Å². The molecule has 4 nitrogen and oxygen atoms in total. The molecular formula is C26H23N2O2+. The number of fused-ring (bicyclic) bond motifs is 2. The molecule has 0 aliphatic carbocycles. The van der Waals surface area contributed by atoms with Gasteiger partial charge in [0.25, 0.3) is 0 Å². The molecule has 0 N–H and O–H groups in total. The third-order valence-electron chi connectivity index (χ3n) is 5.66. The van der Waals surface area contributed by atoms with E-state index in [0.29, 0.717) is 0 Å². The third-order valence-corrected chi connectivity index (χ3v) is 5.66. The highest BCUT2D eigenvalue weighted by atomic mass is 16.5. The van der Waals surface area contributed by atoms with E-state index >= 15 is 0 Å². The average molecular weight is 395 g/mol. The molecule has 148 valence electrons. The quantitative estimate of drug-likeness (QED) is 0.448. The van der Waals surface area contributed by atoms with Gasteiger partial charge in [-0.1, -0.05) is 36.4 Å². The SMILES string of the molecule is COc1ccc2c(ccc(/C=C3\Oc4ccc(-c5ccccc5)cc4N3C)[n+]2C)c1. The molecule has 1 aliphatic rings. The van der Waals surface area contributed by atoms with Crippen LogP contribution in [-0.2, 0) is 7.05 Å². The number of benzene rings is 3. The van der Waals surface area contributed by atoms with E-state index in [2.05, 4.69) is 77.2 Å². The van der Waals surface area contributed by atoms with E-state index in [-0.39, 0.29) is 0 Å². The molecule has 0 atom stereocenters. The fraction of sp³-hybridized carbons (Fsp3) is 0.115. The smallest absolute Gasteiger partial charge is 0.212 e. The van der Waals surface area contributed by atoms with Crippen LogP contribution in [0, 0.1) is 0 Å². The monoisotopic (exact) mass is 395 g/mol. The third kappa shape index (κ3) is 3.07. The molecule has 4 heteroatoms. The number of aryl methyl sites for hydroxylation is 1. The van der Waals surface area contributed by atoms with Crippen molar-refractivity contribution >= 4 is 22.7 Å². The van der Waals surface area contributed by atoms with E-state index in [1.54, 1.807) is 7.11 Å². The summed E-state index contributed by atoms with van der Waals surface area (Å²) < 4.78 is 13.7. The Bertz CT molecular complexity index is 1280. The number of methoxy groups -OCH3 is 1. The molecule has 0 spiro atoms. The lowest BCUT2D eigenvalue weighted by Gasteiger charge is -2.12. The molecule has 3 aromatic carbocycles. The summed E-state index contributed by atoms with van der Waals surface area (Å²) >= 11 is 0. The Morgan fingerprint density at radius 1 is 0.900 bits per heavy atom. The Morgan fingerprint density at radius 3 is 2.53 bits per heavy atom. The molecule has 0 fully saturated rings. The number of pyridine rings is 1. The molecule has 1 aliphatic heterocycles. The fourth-order valence-corrected chi connectivity index (χ4v) is 3.90. The van der Waals surface area contributed by atoms with Crippen molar-refractivity contribution in [1.82, 2.24) is 0 Å². The van der Waals surface area contributed by atoms with Gasteiger partial charge in [0.05, 0.1) is 24.3 Å². The number of hydrogen-bond acceptors (Lipinski definition) is 3. The van der Waals surface area contributed by atoms with Crippen molar-refractivity contribution in [2.45, 2.75) is 0 Å². The van der Waals surface area contributed by atoms with Gasteiger partial charge >= 0.3 is 0 Å². The number of rotatable bonds is 3. The number of anilines is 1. The van der Waals surface area contributed by atoms with Crippen LogP contribution < -0.4 is 18.9 Å². The van der Waals surface area contributed by atoms with Crippen molar-refractivity contribution in [2.24, 2.45) is 7.05 Å². The van der Waals surface area contributed by atoms with E-state index in [4.69, 9.17) is 9.47 Å². The Balaban J connectivity index is 1.51. The van der Waals surface area contributed by atoms with Gasteiger partial charge in [0.15, 0.2) is 5.75 Å². The molecule has 2 heterocycles. The lowest BCUT2D eigenvalue weighted by molar-refractivity contribution is -0.646. The average Bonchev–Trinajstić information content (AvgIpc) is 3.10. The molecule has 0 amide bonds. The van der Waals surface area contributed by atoms with Crippen molar-refractivity contribution < 1.29 is 14.0 Å². The molecule has 0 saturated heterocycles. The van der Waals surface area contributed by atoms with Crippen LogP contribution in [-0.4, -0.2) is 14.2 Å². The van der Waals surface area contributed by atoms with Crippen LogP contribution in [0.1, 0.15) is 5.69 Å². The number of hydrogen-bond donors (Lipinski definition) is 0. The first-order valence-corrected chi connectivity index (χ1v) is 9.93. The standard InChI is InChI=1S/C26H23N2O2/c1-27-21(11-9-20-15-22(29-3)12-13-23(20)27)17-26-28(2)24-16-19(10-14-25(24)30-26)18-7-5-4-6-8-18/h4-17H,1-3H3/q+1. The number of aromatic nitrogens is 1. The summed E-state index contributed by atoms with van der Waals surface area (Å²) in [5.74, 6) is 2.53. The Labute approximate surface area is 176 Å². The summed E-state index contributed by atoms with van der Waals surface area (Å²) in [6.45, 7) is 0. The van der Waals surface area contributed by atoms with E-state index in [9.17, 15) is 0 Å². The maximum Gasteiger partial charge on any atom is 0.212 e. The molecule has 0 unspecified atom stereocenters. The van der Waals surface area contributed by atoms with Gasteiger partial charge in [-0.2, -0.15) is 4.57 Å².